The molecule has 0 radical (unpaired) electrons. The molecule has 2 aromatic carbocycles. The number of fused-ring (bicyclic) bond motifs is 1. The minimum Gasteiger partial charge on any atom is -0.298 e. The molecule has 0 bridgehead atoms. The highest BCUT2D eigenvalue weighted by Gasteiger charge is 2.21. The van der Waals surface area contributed by atoms with Crippen LogP contribution < -0.4 is 5.32 Å². The predicted octanol–water partition coefficient (Wildman–Crippen LogP) is 4.68. The molecule has 1 aromatic heterocycles. The van der Waals surface area contributed by atoms with Crippen LogP contribution in [0.1, 0.15) is 26.5 Å². The summed E-state index contributed by atoms with van der Waals surface area (Å²) in [7, 11) is 0. The van der Waals surface area contributed by atoms with Crippen molar-refractivity contribution >= 4 is 34.1 Å². The van der Waals surface area contributed by atoms with Gasteiger partial charge in [-0.3, -0.25) is 15.0 Å². The molecular formula is C21H21N3OS2. The summed E-state index contributed by atoms with van der Waals surface area (Å²) in [6.07, 6.45) is 2.93. The molecule has 0 saturated carbocycles. The van der Waals surface area contributed by atoms with Crippen molar-refractivity contribution in [3.63, 3.8) is 0 Å². The molecule has 0 aliphatic carbocycles. The summed E-state index contributed by atoms with van der Waals surface area (Å²) in [5.41, 5.74) is 3.12. The van der Waals surface area contributed by atoms with E-state index in [1.165, 1.54) is 10.4 Å². The summed E-state index contributed by atoms with van der Waals surface area (Å²) >= 11 is 3.22. The van der Waals surface area contributed by atoms with Crippen LogP contribution in [0.25, 0.3) is 0 Å². The molecule has 0 fully saturated rings. The van der Waals surface area contributed by atoms with Crippen molar-refractivity contribution in [1.82, 2.24) is 9.88 Å². The number of hydrogen-bond donors (Lipinski definition) is 1. The Morgan fingerprint density at radius 2 is 2.07 bits per heavy atom. The standard InChI is InChI=1S/C21H21N3OS2/c1-26-17-9-5-8-16(12-17)20(25)23-21-22-18-10-11-24(14-19(18)27-21)13-15-6-3-2-4-7-15/h2-9,12H,10-11,13-14H2,1H3,(H,22,23,25). The van der Waals surface area contributed by atoms with E-state index in [2.05, 4.69) is 39.5 Å². The lowest BCUT2D eigenvalue weighted by molar-refractivity contribution is 0.102. The van der Waals surface area contributed by atoms with E-state index in [1.807, 2.05) is 36.6 Å². The van der Waals surface area contributed by atoms with Crippen LogP contribution in [0, 0.1) is 0 Å². The van der Waals surface area contributed by atoms with Crippen molar-refractivity contribution in [2.24, 2.45) is 0 Å². The summed E-state index contributed by atoms with van der Waals surface area (Å²) in [6, 6.07) is 18.2. The minimum atomic E-state index is -0.0989. The van der Waals surface area contributed by atoms with Gasteiger partial charge in [0.2, 0.25) is 0 Å². The van der Waals surface area contributed by atoms with Crippen LogP contribution in [-0.4, -0.2) is 28.6 Å². The maximum Gasteiger partial charge on any atom is 0.257 e. The quantitative estimate of drug-likeness (QED) is 0.638. The largest absolute Gasteiger partial charge is 0.298 e. The third-order valence-electron chi connectivity index (χ3n) is 4.61. The number of nitrogens with one attached hydrogen (secondary N) is 1. The van der Waals surface area contributed by atoms with Gasteiger partial charge < -0.3 is 0 Å². The molecule has 3 aromatic rings. The average molecular weight is 396 g/mol. The van der Waals surface area contributed by atoms with Gasteiger partial charge in [-0.1, -0.05) is 36.4 Å². The van der Waals surface area contributed by atoms with E-state index in [9.17, 15) is 4.79 Å². The Bertz CT molecular complexity index is 940. The summed E-state index contributed by atoms with van der Waals surface area (Å²) in [6.45, 7) is 2.83. The Morgan fingerprint density at radius 3 is 2.89 bits per heavy atom. The van der Waals surface area contributed by atoms with E-state index in [0.717, 1.165) is 36.6 Å². The first-order chi connectivity index (χ1) is 13.2. The Morgan fingerprint density at radius 1 is 1.22 bits per heavy atom. The molecule has 4 nitrogen and oxygen atoms in total. The molecule has 0 saturated heterocycles. The number of carbonyl (C=O) groups excluding carboxylic acids is 1. The van der Waals surface area contributed by atoms with Crippen molar-refractivity contribution in [3.8, 4) is 0 Å². The zero-order valence-electron chi connectivity index (χ0n) is 15.1. The molecule has 4 rings (SSSR count). The molecule has 0 atom stereocenters. The van der Waals surface area contributed by atoms with Gasteiger partial charge in [0.25, 0.3) is 5.91 Å². The molecule has 0 spiro atoms. The number of benzene rings is 2. The van der Waals surface area contributed by atoms with Crippen molar-refractivity contribution < 1.29 is 4.79 Å². The lowest BCUT2D eigenvalue weighted by Crippen LogP contribution is -2.29. The number of hydrogen-bond acceptors (Lipinski definition) is 5. The molecular weight excluding hydrogens is 374 g/mol. The summed E-state index contributed by atoms with van der Waals surface area (Å²) in [4.78, 5) is 22.0. The molecule has 1 N–H and O–H groups in total. The highest BCUT2D eigenvalue weighted by atomic mass is 32.2. The zero-order chi connectivity index (χ0) is 18.6. The van der Waals surface area contributed by atoms with Gasteiger partial charge in [0, 0.05) is 41.4 Å². The second-order valence-electron chi connectivity index (χ2n) is 6.52. The number of amides is 1. The number of rotatable bonds is 5. The number of thiazole rings is 1. The number of carbonyl (C=O) groups is 1. The van der Waals surface area contributed by atoms with Crippen molar-refractivity contribution in [1.29, 1.82) is 0 Å². The van der Waals surface area contributed by atoms with Gasteiger partial charge in [0.05, 0.1) is 5.69 Å². The van der Waals surface area contributed by atoms with Crippen LogP contribution in [0.5, 0.6) is 0 Å². The van der Waals surface area contributed by atoms with Crippen molar-refractivity contribution in [2.45, 2.75) is 24.4 Å². The lowest BCUT2D eigenvalue weighted by Gasteiger charge is -2.25. The van der Waals surface area contributed by atoms with E-state index < -0.39 is 0 Å². The van der Waals surface area contributed by atoms with Crippen LogP contribution in [0.3, 0.4) is 0 Å². The molecule has 27 heavy (non-hydrogen) atoms. The molecule has 6 heteroatoms. The Labute approximate surface area is 167 Å². The van der Waals surface area contributed by atoms with Gasteiger partial charge >= 0.3 is 0 Å². The smallest absolute Gasteiger partial charge is 0.257 e. The lowest BCUT2D eigenvalue weighted by atomic mass is 10.1. The molecule has 1 aliphatic heterocycles. The van der Waals surface area contributed by atoms with Gasteiger partial charge in [0.15, 0.2) is 5.13 Å². The second-order valence-corrected chi connectivity index (χ2v) is 8.48. The topological polar surface area (TPSA) is 45.2 Å². The van der Waals surface area contributed by atoms with E-state index in [0.29, 0.717) is 10.7 Å². The highest BCUT2D eigenvalue weighted by Crippen LogP contribution is 2.29. The molecule has 0 unspecified atom stereocenters. The molecule has 1 amide bonds. The van der Waals surface area contributed by atoms with Gasteiger partial charge in [-0.05, 0) is 30.0 Å². The number of anilines is 1. The van der Waals surface area contributed by atoms with Crippen LogP contribution in [0.4, 0.5) is 5.13 Å². The van der Waals surface area contributed by atoms with Crippen molar-refractivity contribution in [3.05, 3.63) is 76.3 Å². The normalized spacial score (nSPS) is 14.0. The first-order valence-electron chi connectivity index (χ1n) is 8.91. The van der Waals surface area contributed by atoms with Gasteiger partial charge in [-0.15, -0.1) is 23.1 Å². The highest BCUT2D eigenvalue weighted by molar-refractivity contribution is 7.98. The number of nitrogens with zero attached hydrogens (tertiary/aromatic N) is 2. The van der Waals surface area contributed by atoms with E-state index in [1.54, 1.807) is 23.1 Å². The first kappa shape index (κ1) is 18.2. The third-order valence-corrected chi connectivity index (χ3v) is 6.33. The van der Waals surface area contributed by atoms with Crippen LogP contribution in [0.2, 0.25) is 0 Å². The first-order valence-corrected chi connectivity index (χ1v) is 11.0. The third kappa shape index (κ3) is 4.40. The molecule has 1 aliphatic rings. The Kier molecular flexibility index (Phi) is 5.57. The fourth-order valence-electron chi connectivity index (χ4n) is 3.21. The Hall–Kier alpha value is -2.15. The summed E-state index contributed by atoms with van der Waals surface area (Å²) < 4.78 is 0. The molecule has 138 valence electrons. The molecule has 2 heterocycles. The summed E-state index contributed by atoms with van der Waals surface area (Å²) in [5.74, 6) is -0.0989. The zero-order valence-corrected chi connectivity index (χ0v) is 16.8. The van der Waals surface area contributed by atoms with Gasteiger partial charge in [-0.2, -0.15) is 0 Å². The van der Waals surface area contributed by atoms with Crippen LogP contribution in [0.15, 0.2) is 59.5 Å². The van der Waals surface area contributed by atoms with E-state index in [4.69, 9.17) is 0 Å². The Balaban J connectivity index is 1.43. The predicted molar refractivity (Wildman–Crippen MR) is 113 cm³/mol. The fraction of sp³-hybridized carbons (Fsp3) is 0.238. The maximum atomic E-state index is 12.5. The average Bonchev–Trinajstić information content (AvgIpc) is 3.10. The van der Waals surface area contributed by atoms with Crippen LogP contribution >= 0.6 is 23.1 Å². The number of aromatic nitrogens is 1. The number of thioether (sulfide) groups is 1. The van der Waals surface area contributed by atoms with Gasteiger partial charge in [0.1, 0.15) is 0 Å². The second kappa shape index (κ2) is 8.25. The van der Waals surface area contributed by atoms with E-state index >= 15 is 0 Å². The maximum absolute atomic E-state index is 12.5. The minimum absolute atomic E-state index is 0.0989. The van der Waals surface area contributed by atoms with E-state index in [-0.39, 0.29) is 5.91 Å². The SMILES string of the molecule is CSc1cccc(C(=O)Nc2nc3c(s2)CN(Cc2ccccc2)CC3)c1. The van der Waals surface area contributed by atoms with Crippen LogP contribution in [-0.2, 0) is 19.5 Å². The monoisotopic (exact) mass is 395 g/mol. The van der Waals surface area contributed by atoms with Crippen molar-refractivity contribution in [2.75, 3.05) is 18.1 Å². The fourth-order valence-corrected chi connectivity index (χ4v) is 4.72. The summed E-state index contributed by atoms with van der Waals surface area (Å²) in [5, 5.41) is 3.67. The van der Waals surface area contributed by atoms with Gasteiger partial charge in [-0.25, -0.2) is 4.98 Å².